The fraction of sp³-hybridized carbons (Fsp3) is 0.0625. The number of carbonyl (C=O) groups is 2. The molecule has 134 valence electrons. The third kappa shape index (κ3) is 4.77. The number of phenolic OH excluding ortho intramolecular Hbond substituents is 1. The van der Waals surface area contributed by atoms with Crippen LogP contribution in [0.1, 0.15) is 11.1 Å². The summed E-state index contributed by atoms with van der Waals surface area (Å²) >= 11 is 5.73. The Morgan fingerprint density at radius 3 is 2.50 bits per heavy atom. The first-order chi connectivity index (χ1) is 12.3. The highest BCUT2D eigenvalue weighted by Crippen LogP contribution is 2.32. The first-order valence-corrected chi connectivity index (χ1v) is 7.53. The maximum atomic E-state index is 11.7. The van der Waals surface area contributed by atoms with E-state index in [1.807, 2.05) is 12.3 Å². The summed E-state index contributed by atoms with van der Waals surface area (Å²) in [4.78, 5) is 33.4. The van der Waals surface area contributed by atoms with Gasteiger partial charge in [0.05, 0.1) is 11.1 Å². The molecule has 0 aliphatic heterocycles. The fourth-order valence-electron chi connectivity index (χ4n) is 1.88. The molecule has 0 heterocycles. The van der Waals surface area contributed by atoms with Crippen molar-refractivity contribution in [3.05, 3.63) is 62.7 Å². The van der Waals surface area contributed by atoms with Gasteiger partial charge >= 0.3 is 17.5 Å². The van der Waals surface area contributed by atoms with E-state index >= 15 is 0 Å². The van der Waals surface area contributed by atoms with Crippen LogP contribution in [0.5, 0.6) is 5.75 Å². The van der Waals surface area contributed by atoms with Crippen molar-refractivity contribution in [2.75, 3.05) is 5.32 Å². The molecule has 0 bridgehead atoms. The Morgan fingerprint density at radius 1 is 1.23 bits per heavy atom. The van der Waals surface area contributed by atoms with Crippen LogP contribution in [0.3, 0.4) is 0 Å². The van der Waals surface area contributed by atoms with Crippen LogP contribution in [0.25, 0.3) is 0 Å². The van der Waals surface area contributed by atoms with Crippen LogP contribution in [0, 0.1) is 17.0 Å². The minimum Gasteiger partial charge on any atom is -0.502 e. The van der Waals surface area contributed by atoms with Gasteiger partial charge in [0.2, 0.25) is 5.75 Å². The van der Waals surface area contributed by atoms with Crippen molar-refractivity contribution in [3.63, 3.8) is 0 Å². The average Bonchev–Trinajstić information content (AvgIpc) is 2.59. The third-order valence-corrected chi connectivity index (χ3v) is 3.38. The van der Waals surface area contributed by atoms with E-state index in [0.29, 0.717) is 5.69 Å². The molecule has 0 aromatic heterocycles. The van der Waals surface area contributed by atoms with Gasteiger partial charge in [-0.15, -0.1) is 0 Å². The van der Waals surface area contributed by atoms with Crippen LogP contribution in [0.4, 0.5) is 11.4 Å². The van der Waals surface area contributed by atoms with Crippen molar-refractivity contribution < 1.29 is 19.6 Å². The standard InChI is InChI=1S/C16H13ClN4O5/c1-9-2-4-12(5-3-9)19-15(23)16(24)20-18-8-10-6-11(17)7-13(14(10)22)21(25)26/h2-8,22H,1H3,(H,19,23)(H,20,24)/b18-8-. The fourth-order valence-corrected chi connectivity index (χ4v) is 2.10. The first-order valence-electron chi connectivity index (χ1n) is 7.16. The monoisotopic (exact) mass is 376 g/mol. The van der Waals surface area contributed by atoms with Crippen LogP contribution in [-0.4, -0.2) is 28.1 Å². The number of amides is 2. The van der Waals surface area contributed by atoms with Gasteiger partial charge in [0, 0.05) is 22.3 Å². The molecule has 0 atom stereocenters. The Kier molecular flexibility index (Phi) is 5.86. The number of hydrogen-bond donors (Lipinski definition) is 3. The summed E-state index contributed by atoms with van der Waals surface area (Å²) in [5.74, 6) is -2.67. The van der Waals surface area contributed by atoms with E-state index in [1.165, 1.54) is 6.07 Å². The highest BCUT2D eigenvalue weighted by molar-refractivity contribution is 6.39. The molecule has 10 heteroatoms. The van der Waals surface area contributed by atoms with E-state index in [-0.39, 0.29) is 10.6 Å². The molecule has 3 N–H and O–H groups in total. The molecule has 0 saturated carbocycles. The van der Waals surface area contributed by atoms with Crippen molar-refractivity contribution in [3.8, 4) is 5.75 Å². The number of nitrogens with zero attached hydrogens (tertiary/aromatic N) is 2. The van der Waals surface area contributed by atoms with E-state index in [2.05, 4.69) is 10.4 Å². The maximum Gasteiger partial charge on any atom is 0.329 e. The molecular weight excluding hydrogens is 364 g/mol. The number of aryl methyl sites for hydroxylation is 1. The highest BCUT2D eigenvalue weighted by Gasteiger charge is 2.18. The van der Waals surface area contributed by atoms with Gasteiger partial charge in [0.15, 0.2) is 0 Å². The summed E-state index contributed by atoms with van der Waals surface area (Å²) < 4.78 is 0. The summed E-state index contributed by atoms with van der Waals surface area (Å²) in [6.45, 7) is 1.88. The Hall–Kier alpha value is -3.46. The quantitative estimate of drug-likeness (QED) is 0.326. The number of hydrogen-bond acceptors (Lipinski definition) is 6. The molecule has 0 saturated heterocycles. The number of anilines is 1. The SMILES string of the molecule is Cc1ccc(NC(=O)C(=O)N/N=C\c2cc(Cl)cc([N+](=O)[O-])c2O)cc1. The number of nitro groups is 1. The minimum absolute atomic E-state index is 0.000564. The van der Waals surface area contributed by atoms with Crippen molar-refractivity contribution >= 4 is 41.0 Å². The van der Waals surface area contributed by atoms with Gasteiger partial charge in [-0.1, -0.05) is 29.3 Å². The second kappa shape index (κ2) is 8.08. The van der Waals surface area contributed by atoms with E-state index in [4.69, 9.17) is 11.6 Å². The molecule has 2 rings (SSSR count). The molecule has 26 heavy (non-hydrogen) atoms. The molecule has 0 fully saturated rings. The average molecular weight is 377 g/mol. The number of aromatic hydroxyl groups is 1. The van der Waals surface area contributed by atoms with Gasteiger partial charge in [-0.3, -0.25) is 19.7 Å². The van der Waals surface area contributed by atoms with Crippen molar-refractivity contribution in [1.29, 1.82) is 0 Å². The zero-order valence-electron chi connectivity index (χ0n) is 13.4. The number of carbonyl (C=O) groups excluding carboxylic acids is 2. The lowest BCUT2D eigenvalue weighted by Crippen LogP contribution is -2.32. The van der Waals surface area contributed by atoms with Gasteiger partial charge in [-0.05, 0) is 25.1 Å². The summed E-state index contributed by atoms with van der Waals surface area (Å²) in [6, 6.07) is 8.98. The smallest absolute Gasteiger partial charge is 0.329 e. The summed E-state index contributed by atoms with van der Waals surface area (Å²) in [7, 11) is 0. The second-order valence-electron chi connectivity index (χ2n) is 5.14. The maximum absolute atomic E-state index is 11.7. The molecule has 2 amide bonds. The predicted octanol–water partition coefficient (Wildman–Crippen LogP) is 2.35. The lowest BCUT2D eigenvalue weighted by molar-refractivity contribution is -0.385. The summed E-state index contributed by atoms with van der Waals surface area (Å²) in [5, 5.41) is 26.5. The van der Waals surface area contributed by atoms with Gasteiger partial charge < -0.3 is 10.4 Å². The molecule has 2 aromatic rings. The van der Waals surface area contributed by atoms with Crippen molar-refractivity contribution in [1.82, 2.24) is 5.43 Å². The van der Waals surface area contributed by atoms with E-state index in [0.717, 1.165) is 17.8 Å². The number of nitro benzene ring substituents is 1. The number of hydrazone groups is 1. The van der Waals surface area contributed by atoms with Crippen LogP contribution >= 0.6 is 11.6 Å². The van der Waals surface area contributed by atoms with Gasteiger partial charge in [-0.25, -0.2) is 5.43 Å². The Bertz CT molecular complexity index is 896. The van der Waals surface area contributed by atoms with Crippen LogP contribution in [-0.2, 0) is 9.59 Å². The van der Waals surface area contributed by atoms with Crippen LogP contribution in [0.15, 0.2) is 41.5 Å². The molecule has 9 nitrogen and oxygen atoms in total. The molecule has 0 unspecified atom stereocenters. The van der Waals surface area contributed by atoms with Crippen LogP contribution in [0.2, 0.25) is 5.02 Å². The van der Waals surface area contributed by atoms with Gasteiger partial charge in [0.1, 0.15) is 0 Å². The Labute approximate surface area is 152 Å². The molecule has 2 aromatic carbocycles. The van der Waals surface area contributed by atoms with Gasteiger partial charge in [0.25, 0.3) is 0 Å². The van der Waals surface area contributed by atoms with Crippen LogP contribution < -0.4 is 10.7 Å². The highest BCUT2D eigenvalue weighted by atomic mass is 35.5. The number of nitrogens with one attached hydrogen (secondary N) is 2. The minimum atomic E-state index is -1.06. The molecule has 0 aliphatic rings. The molecule has 0 spiro atoms. The zero-order valence-corrected chi connectivity index (χ0v) is 14.1. The number of rotatable bonds is 4. The largest absolute Gasteiger partial charge is 0.502 e. The summed E-state index contributed by atoms with van der Waals surface area (Å²) in [6.07, 6.45) is 0.936. The lowest BCUT2D eigenvalue weighted by Gasteiger charge is -2.04. The molecule has 0 aliphatic carbocycles. The summed E-state index contributed by atoms with van der Waals surface area (Å²) in [5.41, 5.74) is 2.68. The number of phenols is 1. The first kappa shape index (κ1) is 18.9. The normalized spacial score (nSPS) is 10.5. The Morgan fingerprint density at radius 2 is 1.88 bits per heavy atom. The van der Waals surface area contributed by atoms with E-state index < -0.39 is 28.2 Å². The predicted molar refractivity (Wildman–Crippen MR) is 95.3 cm³/mol. The lowest BCUT2D eigenvalue weighted by atomic mass is 10.2. The molecule has 0 radical (unpaired) electrons. The van der Waals surface area contributed by atoms with E-state index in [9.17, 15) is 24.8 Å². The van der Waals surface area contributed by atoms with Crippen molar-refractivity contribution in [2.24, 2.45) is 5.10 Å². The molecular formula is C16H13ClN4O5. The van der Waals surface area contributed by atoms with E-state index in [1.54, 1.807) is 24.3 Å². The topological polar surface area (TPSA) is 134 Å². The van der Waals surface area contributed by atoms with Gasteiger partial charge in [-0.2, -0.15) is 5.10 Å². The second-order valence-corrected chi connectivity index (χ2v) is 5.58. The zero-order chi connectivity index (χ0) is 19.3. The van der Waals surface area contributed by atoms with Crippen molar-refractivity contribution in [2.45, 2.75) is 6.92 Å². The number of benzene rings is 2. The number of halogens is 1. The third-order valence-electron chi connectivity index (χ3n) is 3.17. The Balaban J connectivity index is 2.03.